The molecule has 0 N–H and O–H groups in total. The van der Waals surface area contributed by atoms with E-state index in [1.165, 1.54) is 23.5 Å². The molecule has 8 heteroatoms. The molecule has 5 rings (SSSR count). The molecular weight excluding hydrogens is 367 g/mol. The third kappa shape index (κ3) is 2.74. The molecule has 134 valence electrons. The van der Waals surface area contributed by atoms with Crippen molar-refractivity contribution in [2.75, 3.05) is 6.79 Å². The summed E-state index contributed by atoms with van der Waals surface area (Å²) in [6, 6.07) is 12.0. The van der Waals surface area contributed by atoms with E-state index in [1.54, 1.807) is 16.8 Å². The smallest absolute Gasteiger partial charge is 0.231 e. The van der Waals surface area contributed by atoms with Gasteiger partial charge >= 0.3 is 0 Å². The molecule has 2 aromatic carbocycles. The first-order valence-electron chi connectivity index (χ1n) is 8.23. The standard InChI is InChI=1S/C19H13FN4O2S/c1-11-18(22-23-24(11)14-4-2-3-13(20)8-14)19-21-15(9-27-19)12-5-6-16-17(7-12)26-10-25-16/h2-9H,10H2,1H3. The van der Waals surface area contributed by atoms with E-state index < -0.39 is 0 Å². The molecule has 2 aromatic heterocycles. The lowest BCUT2D eigenvalue weighted by Crippen LogP contribution is -1.99. The van der Waals surface area contributed by atoms with Crippen molar-refractivity contribution in [3.05, 3.63) is 59.4 Å². The van der Waals surface area contributed by atoms with Crippen LogP contribution in [0.25, 0.3) is 27.6 Å². The predicted octanol–water partition coefficient (Wildman–Crippen LogP) is 4.23. The molecule has 0 saturated carbocycles. The molecule has 0 fully saturated rings. The Kier molecular flexibility index (Phi) is 3.64. The van der Waals surface area contributed by atoms with Gasteiger partial charge in [0.05, 0.1) is 17.1 Å². The lowest BCUT2D eigenvalue weighted by molar-refractivity contribution is 0.174. The summed E-state index contributed by atoms with van der Waals surface area (Å²) in [5, 5.41) is 11.1. The first-order valence-corrected chi connectivity index (χ1v) is 9.11. The van der Waals surface area contributed by atoms with Crippen LogP contribution >= 0.6 is 11.3 Å². The first kappa shape index (κ1) is 16.0. The number of hydrogen-bond acceptors (Lipinski definition) is 6. The molecule has 0 spiro atoms. The topological polar surface area (TPSA) is 62.1 Å². The van der Waals surface area contributed by atoms with Crippen molar-refractivity contribution in [1.82, 2.24) is 20.0 Å². The average Bonchev–Trinajstić information content (AvgIpc) is 3.40. The van der Waals surface area contributed by atoms with Crippen LogP contribution in [0.2, 0.25) is 0 Å². The van der Waals surface area contributed by atoms with E-state index in [9.17, 15) is 4.39 Å². The molecule has 0 radical (unpaired) electrons. The number of fused-ring (bicyclic) bond motifs is 1. The molecule has 0 bridgehead atoms. The Bertz CT molecular complexity index is 1150. The number of nitrogens with zero attached hydrogens (tertiary/aromatic N) is 4. The second-order valence-electron chi connectivity index (χ2n) is 6.02. The summed E-state index contributed by atoms with van der Waals surface area (Å²) in [6.45, 7) is 2.13. The van der Waals surface area contributed by atoms with Gasteiger partial charge in [-0.2, -0.15) is 0 Å². The third-order valence-electron chi connectivity index (χ3n) is 4.32. The lowest BCUT2D eigenvalue weighted by Gasteiger charge is -2.03. The molecule has 27 heavy (non-hydrogen) atoms. The van der Waals surface area contributed by atoms with Crippen LogP contribution < -0.4 is 9.47 Å². The summed E-state index contributed by atoms with van der Waals surface area (Å²) in [4.78, 5) is 4.69. The largest absolute Gasteiger partial charge is 0.454 e. The Balaban J connectivity index is 1.50. The monoisotopic (exact) mass is 380 g/mol. The summed E-state index contributed by atoms with van der Waals surface area (Å²) >= 11 is 1.48. The van der Waals surface area contributed by atoms with Gasteiger partial charge in [-0.25, -0.2) is 14.1 Å². The molecule has 1 aliphatic rings. The van der Waals surface area contributed by atoms with Gasteiger partial charge in [0.25, 0.3) is 0 Å². The van der Waals surface area contributed by atoms with Gasteiger partial charge < -0.3 is 9.47 Å². The van der Waals surface area contributed by atoms with Crippen molar-refractivity contribution in [3.8, 4) is 39.1 Å². The normalized spacial score (nSPS) is 12.5. The molecule has 6 nitrogen and oxygen atoms in total. The number of benzene rings is 2. The van der Waals surface area contributed by atoms with Crippen LogP contribution in [0.5, 0.6) is 11.5 Å². The maximum absolute atomic E-state index is 13.5. The molecule has 3 heterocycles. The van der Waals surface area contributed by atoms with Gasteiger partial charge in [0.2, 0.25) is 6.79 Å². The highest BCUT2D eigenvalue weighted by Gasteiger charge is 2.18. The summed E-state index contributed by atoms with van der Waals surface area (Å²) < 4.78 is 25.9. The van der Waals surface area contributed by atoms with E-state index >= 15 is 0 Å². The molecule has 0 aliphatic carbocycles. The SMILES string of the molecule is Cc1c(-c2nc(-c3ccc4c(c3)OCO4)cs2)nnn1-c1cccc(F)c1. The van der Waals surface area contributed by atoms with Crippen LogP contribution in [-0.2, 0) is 0 Å². The van der Waals surface area contributed by atoms with Gasteiger partial charge in [0.1, 0.15) is 16.5 Å². The van der Waals surface area contributed by atoms with Crippen molar-refractivity contribution in [2.45, 2.75) is 6.92 Å². The maximum Gasteiger partial charge on any atom is 0.231 e. The molecular formula is C19H13FN4O2S. The summed E-state index contributed by atoms with van der Waals surface area (Å²) in [5.74, 6) is 1.14. The van der Waals surface area contributed by atoms with Crippen LogP contribution in [0.3, 0.4) is 0 Å². The molecule has 0 saturated heterocycles. The number of thiazole rings is 1. The van der Waals surface area contributed by atoms with Crippen molar-refractivity contribution >= 4 is 11.3 Å². The van der Waals surface area contributed by atoms with E-state index in [0.717, 1.165) is 33.5 Å². The van der Waals surface area contributed by atoms with Gasteiger partial charge in [0.15, 0.2) is 11.5 Å². The number of rotatable bonds is 3. The van der Waals surface area contributed by atoms with Crippen molar-refractivity contribution in [2.24, 2.45) is 0 Å². The van der Waals surface area contributed by atoms with E-state index in [0.29, 0.717) is 11.4 Å². The zero-order valence-electron chi connectivity index (χ0n) is 14.2. The van der Waals surface area contributed by atoms with Crippen LogP contribution in [0, 0.1) is 12.7 Å². The lowest BCUT2D eigenvalue weighted by atomic mass is 10.1. The van der Waals surface area contributed by atoms with Gasteiger partial charge in [-0.1, -0.05) is 11.3 Å². The number of halogens is 1. The fraction of sp³-hybridized carbons (Fsp3) is 0.105. The van der Waals surface area contributed by atoms with Gasteiger partial charge in [-0.15, -0.1) is 16.4 Å². The van der Waals surface area contributed by atoms with E-state index in [1.807, 2.05) is 30.5 Å². The predicted molar refractivity (Wildman–Crippen MR) is 98.7 cm³/mol. The Morgan fingerprint density at radius 3 is 2.89 bits per heavy atom. The van der Waals surface area contributed by atoms with E-state index in [2.05, 4.69) is 10.3 Å². The van der Waals surface area contributed by atoms with Gasteiger partial charge in [-0.3, -0.25) is 0 Å². The van der Waals surface area contributed by atoms with Crippen LogP contribution in [0.4, 0.5) is 4.39 Å². The highest BCUT2D eigenvalue weighted by Crippen LogP contribution is 2.37. The molecule has 4 aromatic rings. The van der Waals surface area contributed by atoms with Crippen LogP contribution in [0.15, 0.2) is 47.8 Å². The zero-order valence-corrected chi connectivity index (χ0v) is 15.0. The zero-order chi connectivity index (χ0) is 18.4. The minimum atomic E-state index is -0.316. The molecule has 0 unspecified atom stereocenters. The van der Waals surface area contributed by atoms with Crippen molar-refractivity contribution in [1.29, 1.82) is 0 Å². The minimum Gasteiger partial charge on any atom is -0.454 e. The van der Waals surface area contributed by atoms with Crippen LogP contribution in [-0.4, -0.2) is 26.8 Å². The highest BCUT2D eigenvalue weighted by molar-refractivity contribution is 7.13. The fourth-order valence-electron chi connectivity index (χ4n) is 2.95. The fourth-order valence-corrected chi connectivity index (χ4v) is 3.81. The van der Waals surface area contributed by atoms with Crippen molar-refractivity contribution < 1.29 is 13.9 Å². The van der Waals surface area contributed by atoms with Gasteiger partial charge in [-0.05, 0) is 43.3 Å². The Hall–Kier alpha value is -3.26. The van der Waals surface area contributed by atoms with Gasteiger partial charge in [0, 0.05) is 10.9 Å². The van der Waals surface area contributed by atoms with E-state index in [4.69, 9.17) is 14.5 Å². The van der Waals surface area contributed by atoms with Crippen molar-refractivity contribution in [3.63, 3.8) is 0 Å². The molecule has 0 amide bonds. The van der Waals surface area contributed by atoms with Crippen LogP contribution in [0.1, 0.15) is 5.69 Å². The second kappa shape index (κ2) is 6.17. The minimum absolute atomic E-state index is 0.240. The Morgan fingerprint density at radius 2 is 2.00 bits per heavy atom. The van der Waals surface area contributed by atoms with E-state index in [-0.39, 0.29) is 12.6 Å². The number of aromatic nitrogens is 4. The maximum atomic E-state index is 13.5. The highest BCUT2D eigenvalue weighted by atomic mass is 32.1. The third-order valence-corrected chi connectivity index (χ3v) is 5.17. The second-order valence-corrected chi connectivity index (χ2v) is 6.88. The Morgan fingerprint density at radius 1 is 1.11 bits per heavy atom. The Labute approximate surface area is 157 Å². The number of ether oxygens (including phenoxy) is 2. The summed E-state index contributed by atoms with van der Waals surface area (Å²) in [6.07, 6.45) is 0. The first-order chi connectivity index (χ1) is 13.2. The number of hydrogen-bond donors (Lipinski definition) is 0. The molecule has 1 aliphatic heterocycles. The average molecular weight is 380 g/mol. The summed E-state index contributed by atoms with van der Waals surface area (Å²) in [7, 11) is 0. The molecule has 0 atom stereocenters. The summed E-state index contributed by atoms with van der Waals surface area (Å²) in [5.41, 5.74) is 3.87. The quantitative estimate of drug-likeness (QED) is 0.532.